The smallest absolute Gasteiger partial charge is 0.254 e. The summed E-state index contributed by atoms with van der Waals surface area (Å²) in [7, 11) is 1.85. The number of hydrogen-bond acceptors (Lipinski definition) is 3. The molecule has 1 N–H and O–H groups in total. The summed E-state index contributed by atoms with van der Waals surface area (Å²) in [5.74, 6) is -0.000432. The number of amides is 1. The second-order valence-corrected chi connectivity index (χ2v) is 11.2. The number of piperidine rings is 1. The molecular formula is C29H29Cl3N2O2. The van der Waals surface area contributed by atoms with E-state index in [1.54, 1.807) is 6.07 Å². The number of hydrogen-bond donors (Lipinski definition) is 1. The van der Waals surface area contributed by atoms with Gasteiger partial charge in [-0.1, -0.05) is 77.3 Å². The van der Waals surface area contributed by atoms with E-state index < -0.39 is 5.60 Å². The predicted octanol–water partition coefficient (Wildman–Crippen LogP) is 6.93. The lowest BCUT2D eigenvalue weighted by molar-refractivity contribution is -0.0266. The number of carbonyl (C=O) groups is 1. The Balaban J connectivity index is 1.38. The number of halogens is 3. The normalized spacial score (nSPS) is 20.4. The van der Waals surface area contributed by atoms with E-state index in [1.165, 1.54) is 0 Å². The summed E-state index contributed by atoms with van der Waals surface area (Å²) in [5.41, 5.74) is 2.90. The third-order valence-corrected chi connectivity index (χ3v) is 8.78. The summed E-state index contributed by atoms with van der Waals surface area (Å²) in [6, 6.07) is 21.1. The average Bonchev–Trinajstić information content (AvgIpc) is 3.12. The Morgan fingerprint density at radius 1 is 0.972 bits per heavy atom. The molecular weight excluding hydrogens is 515 g/mol. The number of nitrogens with zero attached hydrogens (tertiary/aromatic N) is 2. The van der Waals surface area contributed by atoms with Crippen molar-refractivity contribution in [3.63, 3.8) is 0 Å². The Kier molecular flexibility index (Phi) is 7.35. The highest BCUT2D eigenvalue weighted by Gasteiger charge is 2.40. The number of aliphatic hydroxyl groups is 1. The molecule has 3 aromatic carbocycles. The molecule has 5 rings (SSSR count). The van der Waals surface area contributed by atoms with Gasteiger partial charge < -0.3 is 14.9 Å². The molecule has 2 unspecified atom stereocenters. The number of rotatable bonds is 6. The minimum atomic E-state index is -0.781. The molecule has 2 aliphatic rings. The molecule has 1 fully saturated rings. The van der Waals surface area contributed by atoms with Gasteiger partial charge in [-0.15, -0.1) is 0 Å². The van der Waals surface area contributed by atoms with E-state index in [-0.39, 0.29) is 17.9 Å². The number of likely N-dealkylation sites (tertiary alicyclic amines) is 1. The van der Waals surface area contributed by atoms with Crippen LogP contribution in [0.3, 0.4) is 0 Å². The van der Waals surface area contributed by atoms with E-state index in [0.29, 0.717) is 33.5 Å². The lowest BCUT2D eigenvalue weighted by atomic mass is 9.83. The first-order valence-corrected chi connectivity index (χ1v) is 13.4. The Morgan fingerprint density at radius 3 is 2.39 bits per heavy atom. The molecule has 0 aromatic heterocycles. The average molecular weight is 544 g/mol. The lowest BCUT2D eigenvalue weighted by Crippen LogP contribution is -2.43. The Bertz CT molecular complexity index is 1260. The van der Waals surface area contributed by atoms with E-state index in [9.17, 15) is 9.90 Å². The molecule has 7 heteroatoms. The number of fused-ring (bicyclic) bond motifs is 1. The monoisotopic (exact) mass is 542 g/mol. The van der Waals surface area contributed by atoms with Crippen LogP contribution in [0.4, 0.5) is 0 Å². The van der Waals surface area contributed by atoms with Crippen LogP contribution >= 0.6 is 34.8 Å². The van der Waals surface area contributed by atoms with Gasteiger partial charge in [0.15, 0.2) is 0 Å². The molecule has 2 heterocycles. The molecule has 1 saturated heterocycles. The molecule has 4 nitrogen and oxygen atoms in total. The molecule has 0 bridgehead atoms. The summed E-state index contributed by atoms with van der Waals surface area (Å²) < 4.78 is 0. The first-order chi connectivity index (χ1) is 17.3. The SMILES string of the molecule is CN1C(=O)c2cc(Cl)ccc2C1C(CCN1CCC(O)(c2ccccc2)CC1)c1ccc(Cl)c(Cl)c1. The largest absolute Gasteiger partial charge is 0.385 e. The van der Waals surface area contributed by atoms with Crippen molar-refractivity contribution in [3.05, 3.63) is 104 Å². The molecule has 3 aromatic rings. The van der Waals surface area contributed by atoms with Crippen molar-refractivity contribution in [3.8, 4) is 0 Å². The van der Waals surface area contributed by atoms with Gasteiger partial charge in [0.25, 0.3) is 5.91 Å². The highest BCUT2D eigenvalue weighted by molar-refractivity contribution is 6.42. The van der Waals surface area contributed by atoms with Crippen LogP contribution < -0.4 is 0 Å². The van der Waals surface area contributed by atoms with Crippen molar-refractivity contribution >= 4 is 40.7 Å². The van der Waals surface area contributed by atoms with Gasteiger partial charge in [-0.05, 0) is 66.8 Å². The van der Waals surface area contributed by atoms with Crippen molar-refractivity contribution in [2.75, 3.05) is 26.7 Å². The Labute approximate surface area is 227 Å². The van der Waals surface area contributed by atoms with Gasteiger partial charge in [0, 0.05) is 36.6 Å². The number of carbonyl (C=O) groups excluding carboxylic acids is 1. The second-order valence-electron chi connectivity index (χ2n) is 9.90. The van der Waals surface area contributed by atoms with Gasteiger partial charge in [0.2, 0.25) is 0 Å². The van der Waals surface area contributed by atoms with Gasteiger partial charge >= 0.3 is 0 Å². The summed E-state index contributed by atoms with van der Waals surface area (Å²) >= 11 is 18.9. The lowest BCUT2D eigenvalue weighted by Gasteiger charge is -2.39. The van der Waals surface area contributed by atoms with Gasteiger partial charge in [0.1, 0.15) is 0 Å². The van der Waals surface area contributed by atoms with E-state index >= 15 is 0 Å². The van der Waals surface area contributed by atoms with Crippen molar-refractivity contribution in [1.82, 2.24) is 9.80 Å². The number of benzene rings is 3. The highest BCUT2D eigenvalue weighted by Crippen LogP contribution is 2.45. The first-order valence-electron chi connectivity index (χ1n) is 12.3. The maximum atomic E-state index is 13.1. The summed E-state index contributed by atoms with van der Waals surface area (Å²) in [4.78, 5) is 17.3. The van der Waals surface area contributed by atoms with Gasteiger partial charge in [-0.3, -0.25) is 4.79 Å². The zero-order valence-electron chi connectivity index (χ0n) is 20.1. The molecule has 0 spiro atoms. The van der Waals surface area contributed by atoms with E-state index in [0.717, 1.165) is 42.7 Å². The van der Waals surface area contributed by atoms with Crippen molar-refractivity contribution < 1.29 is 9.90 Å². The number of likely N-dealkylation sites (N-methyl/N-ethyl adjacent to an activating group) is 1. The summed E-state index contributed by atoms with van der Waals surface area (Å²) in [6.45, 7) is 2.47. The molecule has 0 radical (unpaired) electrons. The van der Waals surface area contributed by atoms with Crippen LogP contribution in [0.1, 0.15) is 58.3 Å². The van der Waals surface area contributed by atoms with Crippen LogP contribution in [0.25, 0.3) is 0 Å². The minimum Gasteiger partial charge on any atom is -0.385 e. The topological polar surface area (TPSA) is 43.8 Å². The predicted molar refractivity (Wildman–Crippen MR) is 146 cm³/mol. The molecule has 0 saturated carbocycles. The van der Waals surface area contributed by atoms with E-state index in [2.05, 4.69) is 4.90 Å². The van der Waals surface area contributed by atoms with Crippen LogP contribution in [0.5, 0.6) is 0 Å². The third kappa shape index (κ3) is 4.90. The van der Waals surface area contributed by atoms with Crippen LogP contribution in [0.15, 0.2) is 66.7 Å². The van der Waals surface area contributed by atoms with Crippen LogP contribution in [0.2, 0.25) is 15.1 Å². The molecule has 1 amide bonds. The van der Waals surface area contributed by atoms with Crippen molar-refractivity contribution in [1.29, 1.82) is 0 Å². The first kappa shape index (κ1) is 25.6. The van der Waals surface area contributed by atoms with Crippen molar-refractivity contribution in [2.45, 2.75) is 36.8 Å². The summed E-state index contributed by atoms with van der Waals surface area (Å²) in [6.07, 6.45) is 2.21. The van der Waals surface area contributed by atoms with Crippen LogP contribution in [-0.2, 0) is 5.60 Å². The van der Waals surface area contributed by atoms with E-state index in [1.807, 2.05) is 72.6 Å². The van der Waals surface area contributed by atoms with Gasteiger partial charge in [-0.2, -0.15) is 0 Å². The third-order valence-electron chi connectivity index (χ3n) is 7.81. The maximum absolute atomic E-state index is 13.1. The Hall–Kier alpha value is -2.08. The highest BCUT2D eigenvalue weighted by atomic mass is 35.5. The molecule has 188 valence electrons. The van der Waals surface area contributed by atoms with Crippen LogP contribution in [0, 0.1) is 0 Å². The quantitative estimate of drug-likeness (QED) is 0.367. The Morgan fingerprint density at radius 2 is 1.69 bits per heavy atom. The maximum Gasteiger partial charge on any atom is 0.254 e. The van der Waals surface area contributed by atoms with Crippen LogP contribution in [-0.4, -0.2) is 47.5 Å². The summed E-state index contributed by atoms with van der Waals surface area (Å²) in [5, 5.41) is 12.8. The fraction of sp³-hybridized carbons (Fsp3) is 0.345. The van der Waals surface area contributed by atoms with Gasteiger partial charge in [0.05, 0.1) is 21.7 Å². The minimum absolute atomic E-state index is 0.0195. The van der Waals surface area contributed by atoms with Crippen molar-refractivity contribution in [2.24, 2.45) is 0 Å². The molecule has 2 aliphatic heterocycles. The molecule has 2 atom stereocenters. The second kappa shape index (κ2) is 10.4. The zero-order chi connectivity index (χ0) is 25.4. The van der Waals surface area contributed by atoms with E-state index in [4.69, 9.17) is 34.8 Å². The zero-order valence-corrected chi connectivity index (χ0v) is 22.4. The molecule has 36 heavy (non-hydrogen) atoms. The molecule has 0 aliphatic carbocycles. The fourth-order valence-corrected chi connectivity index (χ4v) is 6.22. The van der Waals surface area contributed by atoms with Gasteiger partial charge in [-0.25, -0.2) is 0 Å². The standard InChI is InChI=1S/C29H29Cl3N2O2/c1-33-27(23-9-8-21(30)18-24(23)28(33)35)22(19-7-10-25(31)26(32)17-19)11-14-34-15-12-29(36,13-16-34)20-5-3-2-4-6-20/h2-10,17-18,22,27,36H,11-16H2,1H3. The fourth-order valence-electron chi connectivity index (χ4n) is 5.74.